The third-order valence-electron chi connectivity index (χ3n) is 2.99. The highest BCUT2D eigenvalue weighted by molar-refractivity contribution is 7.99. The molecule has 5 nitrogen and oxygen atoms in total. The zero-order valence-corrected chi connectivity index (χ0v) is 14.5. The summed E-state index contributed by atoms with van der Waals surface area (Å²) < 4.78 is 0. The Morgan fingerprint density at radius 1 is 1.41 bits per heavy atom. The number of carbonyl (C=O) groups excluding carboxylic acids is 2. The van der Waals surface area contributed by atoms with Crippen LogP contribution in [0.3, 0.4) is 0 Å². The molecule has 8 heteroatoms. The van der Waals surface area contributed by atoms with E-state index in [9.17, 15) is 9.59 Å². The average Bonchev–Trinajstić information content (AvgIpc) is 2.42. The van der Waals surface area contributed by atoms with Crippen LogP contribution in [-0.4, -0.2) is 35.9 Å². The zero-order valence-electron chi connectivity index (χ0n) is 12.1. The van der Waals surface area contributed by atoms with E-state index in [1.807, 2.05) is 11.8 Å². The molecule has 1 unspecified atom stereocenters. The molecule has 0 spiro atoms. The number of anilines is 2. The predicted molar refractivity (Wildman–Crippen MR) is 95.4 cm³/mol. The van der Waals surface area contributed by atoms with Gasteiger partial charge in [-0.2, -0.15) is 11.8 Å². The third-order valence-corrected chi connectivity index (χ3v) is 4.44. The molecule has 0 bridgehead atoms. The van der Waals surface area contributed by atoms with Gasteiger partial charge >= 0.3 is 0 Å². The van der Waals surface area contributed by atoms with Crippen LogP contribution in [0, 0.1) is 0 Å². The van der Waals surface area contributed by atoms with Crippen molar-refractivity contribution in [2.75, 3.05) is 28.7 Å². The van der Waals surface area contributed by atoms with E-state index in [4.69, 9.17) is 11.6 Å². The summed E-state index contributed by atoms with van der Waals surface area (Å²) in [6.07, 6.45) is 0.443. The van der Waals surface area contributed by atoms with Crippen molar-refractivity contribution >= 4 is 59.0 Å². The van der Waals surface area contributed by atoms with Gasteiger partial charge in [-0.15, -0.1) is 12.4 Å². The minimum Gasteiger partial charge on any atom is -0.326 e. The molecular weight excluding hydrogens is 345 g/mol. The molecule has 3 N–H and O–H groups in total. The second-order valence-electron chi connectivity index (χ2n) is 4.85. The molecule has 0 aliphatic carbocycles. The van der Waals surface area contributed by atoms with Crippen LogP contribution in [0.2, 0.25) is 5.02 Å². The molecule has 2 amide bonds. The Balaban J connectivity index is 0.00000242. The molecule has 1 fully saturated rings. The van der Waals surface area contributed by atoms with Gasteiger partial charge in [-0.1, -0.05) is 11.6 Å². The van der Waals surface area contributed by atoms with E-state index in [1.165, 1.54) is 6.92 Å². The molecule has 22 heavy (non-hydrogen) atoms. The summed E-state index contributed by atoms with van der Waals surface area (Å²) in [4.78, 5) is 23.0. The van der Waals surface area contributed by atoms with Crippen molar-refractivity contribution in [1.29, 1.82) is 0 Å². The Labute approximate surface area is 145 Å². The molecule has 122 valence electrons. The zero-order chi connectivity index (χ0) is 15.2. The minimum absolute atomic E-state index is 0. The highest BCUT2D eigenvalue weighted by Crippen LogP contribution is 2.25. The number of carbonyl (C=O) groups is 2. The van der Waals surface area contributed by atoms with Crippen LogP contribution >= 0.6 is 35.8 Å². The largest absolute Gasteiger partial charge is 0.326 e. The van der Waals surface area contributed by atoms with Gasteiger partial charge in [-0.3, -0.25) is 9.59 Å². The van der Waals surface area contributed by atoms with Gasteiger partial charge in [0.1, 0.15) is 0 Å². The molecule has 0 radical (unpaired) electrons. The predicted octanol–water partition coefficient (Wildman–Crippen LogP) is 2.75. The maximum absolute atomic E-state index is 12.0. The maximum Gasteiger partial charge on any atom is 0.225 e. The van der Waals surface area contributed by atoms with Crippen LogP contribution in [0.5, 0.6) is 0 Å². The topological polar surface area (TPSA) is 70.2 Å². The van der Waals surface area contributed by atoms with Crippen molar-refractivity contribution < 1.29 is 9.59 Å². The lowest BCUT2D eigenvalue weighted by Crippen LogP contribution is -2.39. The summed E-state index contributed by atoms with van der Waals surface area (Å²) in [6, 6.07) is 5.25. The second kappa shape index (κ2) is 9.25. The quantitative estimate of drug-likeness (QED) is 0.769. The van der Waals surface area contributed by atoms with E-state index < -0.39 is 0 Å². The van der Waals surface area contributed by atoms with Crippen molar-refractivity contribution in [3.05, 3.63) is 23.2 Å². The maximum atomic E-state index is 12.0. The van der Waals surface area contributed by atoms with Crippen LogP contribution in [-0.2, 0) is 9.59 Å². The van der Waals surface area contributed by atoms with Gasteiger partial charge in [0.25, 0.3) is 0 Å². The Morgan fingerprint density at radius 2 is 2.18 bits per heavy atom. The monoisotopic (exact) mass is 363 g/mol. The second-order valence-corrected chi connectivity index (χ2v) is 6.41. The van der Waals surface area contributed by atoms with Gasteiger partial charge in [-0.25, -0.2) is 0 Å². The van der Waals surface area contributed by atoms with Crippen molar-refractivity contribution in [1.82, 2.24) is 5.32 Å². The lowest BCUT2D eigenvalue weighted by Gasteiger charge is -2.22. The molecular formula is C14H19Cl2N3O2S. The molecule has 0 aromatic heterocycles. The van der Waals surface area contributed by atoms with E-state index in [0.29, 0.717) is 22.8 Å². The number of benzene rings is 1. The van der Waals surface area contributed by atoms with Crippen molar-refractivity contribution in [2.45, 2.75) is 19.4 Å². The van der Waals surface area contributed by atoms with Crippen molar-refractivity contribution in [3.63, 3.8) is 0 Å². The van der Waals surface area contributed by atoms with Gasteiger partial charge in [0, 0.05) is 43.1 Å². The number of rotatable bonds is 4. The first-order valence-corrected chi connectivity index (χ1v) is 8.26. The van der Waals surface area contributed by atoms with Crippen LogP contribution in [0.15, 0.2) is 18.2 Å². The highest BCUT2D eigenvalue weighted by atomic mass is 35.5. The Kier molecular flexibility index (Phi) is 8.03. The summed E-state index contributed by atoms with van der Waals surface area (Å²) in [5, 5.41) is 9.17. The number of hydrogen-bond acceptors (Lipinski definition) is 4. The number of hydrogen-bond donors (Lipinski definition) is 3. The number of amides is 2. The standard InChI is InChI=1S/C14H18ClN3O2S.ClH/c1-9(19)17-13-3-2-10(6-12(13)15)18-14(20)7-11-8-21-5-4-16-11;/h2-3,6,11,16H,4-5,7-8H2,1H3,(H,17,19)(H,18,20);1H. The Bertz CT molecular complexity index is 537. The molecule has 2 rings (SSSR count). The summed E-state index contributed by atoms with van der Waals surface area (Å²) in [7, 11) is 0. The average molecular weight is 364 g/mol. The van der Waals surface area contributed by atoms with Gasteiger partial charge in [0.05, 0.1) is 10.7 Å². The van der Waals surface area contributed by atoms with E-state index in [1.54, 1.807) is 18.2 Å². The van der Waals surface area contributed by atoms with Gasteiger partial charge < -0.3 is 16.0 Å². The van der Waals surface area contributed by atoms with Crippen molar-refractivity contribution in [2.24, 2.45) is 0 Å². The van der Waals surface area contributed by atoms with Crippen LogP contribution in [0.4, 0.5) is 11.4 Å². The number of halogens is 2. The molecule has 1 atom stereocenters. The smallest absolute Gasteiger partial charge is 0.225 e. The fourth-order valence-electron chi connectivity index (χ4n) is 2.07. The first-order chi connectivity index (χ1) is 10.0. The molecule has 1 aliphatic heterocycles. The van der Waals surface area contributed by atoms with E-state index in [0.717, 1.165) is 18.1 Å². The van der Waals surface area contributed by atoms with E-state index in [2.05, 4.69) is 16.0 Å². The fourth-order valence-corrected chi connectivity index (χ4v) is 3.25. The van der Waals surface area contributed by atoms with E-state index in [-0.39, 0.29) is 30.3 Å². The third kappa shape index (κ3) is 6.04. The summed E-state index contributed by atoms with van der Waals surface area (Å²) in [6.45, 7) is 2.36. The summed E-state index contributed by atoms with van der Waals surface area (Å²) >= 11 is 7.92. The van der Waals surface area contributed by atoms with Gasteiger partial charge in [-0.05, 0) is 18.2 Å². The van der Waals surface area contributed by atoms with Gasteiger partial charge in [0.2, 0.25) is 11.8 Å². The van der Waals surface area contributed by atoms with Crippen LogP contribution in [0.25, 0.3) is 0 Å². The first kappa shape index (κ1) is 19.1. The Morgan fingerprint density at radius 3 is 2.77 bits per heavy atom. The van der Waals surface area contributed by atoms with Gasteiger partial charge in [0.15, 0.2) is 0 Å². The molecule has 0 saturated carbocycles. The molecule has 1 saturated heterocycles. The summed E-state index contributed by atoms with van der Waals surface area (Å²) in [5.74, 6) is 1.82. The SMILES string of the molecule is CC(=O)Nc1ccc(NC(=O)CC2CSCCN2)cc1Cl.Cl. The number of nitrogens with one attached hydrogen (secondary N) is 3. The van der Waals surface area contributed by atoms with Crippen LogP contribution in [0.1, 0.15) is 13.3 Å². The lowest BCUT2D eigenvalue weighted by atomic mass is 10.2. The molecule has 1 aromatic carbocycles. The molecule has 1 aliphatic rings. The van der Waals surface area contributed by atoms with Crippen molar-refractivity contribution in [3.8, 4) is 0 Å². The molecule has 1 aromatic rings. The summed E-state index contributed by atoms with van der Waals surface area (Å²) in [5.41, 5.74) is 1.16. The fraction of sp³-hybridized carbons (Fsp3) is 0.429. The normalized spacial score (nSPS) is 17.3. The first-order valence-electron chi connectivity index (χ1n) is 6.72. The minimum atomic E-state index is -0.186. The van der Waals surface area contributed by atoms with E-state index >= 15 is 0 Å². The van der Waals surface area contributed by atoms with Crippen LogP contribution < -0.4 is 16.0 Å². The Hall–Kier alpha value is -0.950. The molecule has 1 heterocycles. The number of thioether (sulfide) groups is 1. The lowest BCUT2D eigenvalue weighted by molar-refractivity contribution is -0.116. The highest BCUT2D eigenvalue weighted by Gasteiger charge is 2.17.